The van der Waals surface area contributed by atoms with E-state index in [-0.39, 0.29) is 0 Å². The number of aromatic nitrogens is 2. The SMILES string of the molecule is N#Cc1cnccc1-c1cccc(-c2cccc(-n3c4ccccc4c4ccc5c6ccccc6oc5c43)c2)c1. The van der Waals surface area contributed by atoms with Crippen LogP contribution in [0, 0.1) is 11.3 Å². The summed E-state index contributed by atoms with van der Waals surface area (Å²) in [5.41, 5.74) is 9.64. The third kappa shape index (κ3) is 3.28. The Kier molecular flexibility index (Phi) is 4.85. The topological polar surface area (TPSA) is 54.8 Å². The van der Waals surface area contributed by atoms with Crippen molar-refractivity contribution >= 4 is 43.7 Å². The van der Waals surface area contributed by atoms with E-state index in [4.69, 9.17) is 4.42 Å². The summed E-state index contributed by atoms with van der Waals surface area (Å²) in [6.45, 7) is 0. The standard InChI is InChI=1S/C36H21N3O/c37-21-26-22-38-18-17-28(26)25-9-5-7-23(19-25)24-8-6-10-27(20-24)39-33-13-3-1-11-29(33)31-15-16-32-30-12-2-4-14-34(30)40-36(32)35(31)39/h1-20,22H. The molecule has 4 heteroatoms. The maximum Gasteiger partial charge on any atom is 0.160 e. The van der Waals surface area contributed by atoms with Crippen molar-refractivity contribution in [2.75, 3.05) is 0 Å². The second kappa shape index (κ2) is 8.69. The lowest BCUT2D eigenvalue weighted by molar-refractivity contribution is 0.671. The average Bonchev–Trinajstić information content (AvgIpc) is 3.57. The quantitative estimate of drug-likeness (QED) is 0.237. The number of pyridine rings is 1. The molecule has 5 aromatic carbocycles. The number of fused-ring (bicyclic) bond motifs is 7. The highest BCUT2D eigenvalue weighted by Crippen LogP contribution is 2.40. The number of nitrogens with zero attached hydrogens (tertiary/aromatic N) is 3. The van der Waals surface area contributed by atoms with Gasteiger partial charge in [0.25, 0.3) is 0 Å². The number of furan rings is 1. The summed E-state index contributed by atoms with van der Waals surface area (Å²) in [6.07, 6.45) is 3.34. The fourth-order valence-electron chi connectivity index (χ4n) is 5.93. The first-order valence-electron chi connectivity index (χ1n) is 13.2. The van der Waals surface area contributed by atoms with Gasteiger partial charge in [0.05, 0.1) is 16.6 Å². The lowest BCUT2D eigenvalue weighted by atomic mass is 9.97. The molecule has 0 saturated carbocycles. The molecule has 0 unspecified atom stereocenters. The van der Waals surface area contributed by atoms with Crippen molar-refractivity contribution in [2.45, 2.75) is 0 Å². The third-order valence-corrected chi connectivity index (χ3v) is 7.73. The number of rotatable bonds is 3. The summed E-state index contributed by atoms with van der Waals surface area (Å²) in [5.74, 6) is 0. The minimum absolute atomic E-state index is 0.563. The van der Waals surface area contributed by atoms with Crippen LogP contribution in [0.15, 0.2) is 132 Å². The van der Waals surface area contributed by atoms with Gasteiger partial charge in [-0.3, -0.25) is 4.98 Å². The van der Waals surface area contributed by atoms with Gasteiger partial charge in [-0.2, -0.15) is 5.26 Å². The Labute approximate surface area is 230 Å². The van der Waals surface area contributed by atoms with Gasteiger partial charge >= 0.3 is 0 Å². The molecule has 40 heavy (non-hydrogen) atoms. The molecular weight excluding hydrogens is 490 g/mol. The predicted octanol–water partition coefficient (Wildman–Crippen LogP) is 9.28. The van der Waals surface area contributed by atoms with Crippen LogP contribution in [0.1, 0.15) is 5.56 Å². The molecule has 0 bridgehead atoms. The zero-order chi connectivity index (χ0) is 26.6. The van der Waals surface area contributed by atoms with Gasteiger partial charge in [0.1, 0.15) is 11.7 Å². The molecule has 8 aromatic rings. The zero-order valence-corrected chi connectivity index (χ0v) is 21.4. The lowest BCUT2D eigenvalue weighted by Crippen LogP contribution is -1.95. The van der Waals surface area contributed by atoms with E-state index < -0.39 is 0 Å². The summed E-state index contributed by atoms with van der Waals surface area (Å²) in [7, 11) is 0. The molecule has 3 heterocycles. The van der Waals surface area contributed by atoms with Crippen LogP contribution in [0.2, 0.25) is 0 Å². The van der Waals surface area contributed by atoms with Crippen LogP contribution in [0.5, 0.6) is 0 Å². The monoisotopic (exact) mass is 511 g/mol. The van der Waals surface area contributed by atoms with Crippen LogP contribution in [0.3, 0.4) is 0 Å². The minimum atomic E-state index is 0.563. The van der Waals surface area contributed by atoms with Crippen molar-refractivity contribution in [1.29, 1.82) is 5.26 Å². The summed E-state index contributed by atoms with van der Waals surface area (Å²) in [5, 5.41) is 14.2. The Bertz CT molecular complexity index is 2300. The number of nitriles is 1. The van der Waals surface area contributed by atoms with Crippen molar-refractivity contribution in [1.82, 2.24) is 9.55 Å². The average molecular weight is 512 g/mol. The van der Waals surface area contributed by atoms with E-state index in [0.29, 0.717) is 5.56 Å². The highest BCUT2D eigenvalue weighted by atomic mass is 16.3. The molecule has 186 valence electrons. The van der Waals surface area contributed by atoms with Crippen LogP contribution >= 0.6 is 0 Å². The Balaban J connectivity index is 1.37. The van der Waals surface area contributed by atoms with Crippen molar-refractivity contribution < 1.29 is 4.42 Å². The Hall–Kier alpha value is -5.66. The summed E-state index contributed by atoms with van der Waals surface area (Å²) in [4.78, 5) is 4.11. The molecule has 0 N–H and O–H groups in total. The first-order valence-corrected chi connectivity index (χ1v) is 13.2. The fourth-order valence-corrected chi connectivity index (χ4v) is 5.93. The van der Waals surface area contributed by atoms with E-state index in [1.165, 1.54) is 5.39 Å². The molecule has 0 aliphatic carbocycles. The molecule has 0 saturated heterocycles. The smallest absolute Gasteiger partial charge is 0.160 e. The molecule has 3 aromatic heterocycles. The van der Waals surface area contributed by atoms with Gasteiger partial charge in [-0.1, -0.05) is 72.8 Å². The Morgan fingerprint density at radius 1 is 0.650 bits per heavy atom. The van der Waals surface area contributed by atoms with E-state index >= 15 is 0 Å². The third-order valence-electron chi connectivity index (χ3n) is 7.73. The van der Waals surface area contributed by atoms with Crippen LogP contribution in [-0.2, 0) is 0 Å². The predicted molar refractivity (Wildman–Crippen MR) is 161 cm³/mol. The van der Waals surface area contributed by atoms with Crippen LogP contribution in [-0.4, -0.2) is 9.55 Å². The molecule has 0 atom stereocenters. The summed E-state index contributed by atoms with van der Waals surface area (Å²) in [6, 6.07) is 42.2. The highest BCUT2D eigenvalue weighted by molar-refractivity contribution is 6.21. The fraction of sp³-hybridized carbons (Fsp3) is 0. The van der Waals surface area contributed by atoms with Crippen molar-refractivity contribution in [2.24, 2.45) is 0 Å². The molecule has 0 fully saturated rings. The molecule has 4 nitrogen and oxygen atoms in total. The van der Waals surface area contributed by atoms with E-state index in [0.717, 1.165) is 66.3 Å². The van der Waals surface area contributed by atoms with E-state index in [1.807, 2.05) is 30.3 Å². The first-order chi connectivity index (χ1) is 19.8. The van der Waals surface area contributed by atoms with Gasteiger partial charge in [-0.25, -0.2) is 0 Å². The van der Waals surface area contributed by atoms with Crippen molar-refractivity contribution in [3.05, 3.63) is 133 Å². The minimum Gasteiger partial charge on any atom is -0.454 e. The maximum absolute atomic E-state index is 9.60. The normalized spacial score (nSPS) is 11.5. The van der Waals surface area contributed by atoms with Gasteiger partial charge < -0.3 is 8.98 Å². The van der Waals surface area contributed by atoms with Crippen molar-refractivity contribution in [3.63, 3.8) is 0 Å². The Morgan fingerprint density at radius 2 is 1.40 bits per heavy atom. The maximum atomic E-state index is 9.60. The van der Waals surface area contributed by atoms with Crippen LogP contribution in [0.4, 0.5) is 0 Å². The van der Waals surface area contributed by atoms with Crippen LogP contribution in [0.25, 0.3) is 71.7 Å². The lowest BCUT2D eigenvalue weighted by Gasteiger charge is -2.12. The van der Waals surface area contributed by atoms with Gasteiger partial charge in [-0.15, -0.1) is 0 Å². The molecule has 0 radical (unpaired) electrons. The van der Waals surface area contributed by atoms with Gasteiger partial charge in [0.15, 0.2) is 5.58 Å². The number of hydrogen-bond donors (Lipinski definition) is 0. The van der Waals surface area contributed by atoms with Crippen LogP contribution < -0.4 is 0 Å². The molecular formula is C36H21N3O. The van der Waals surface area contributed by atoms with Gasteiger partial charge in [0, 0.05) is 45.2 Å². The van der Waals surface area contributed by atoms with Gasteiger partial charge in [0.2, 0.25) is 0 Å². The molecule has 0 aliphatic rings. The molecule has 0 amide bonds. The number of benzene rings is 5. The van der Waals surface area contributed by atoms with E-state index in [9.17, 15) is 5.26 Å². The van der Waals surface area contributed by atoms with E-state index in [2.05, 4.69) is 101 Å². The first kappa shape index (κ1) is 22.3. The largest absolute Gasteiger partial charge is 0.454 e. The summed E-state index contributed by atoms with van der Waals surface area (Å²) >= 11 is 0. The molecule has 0 spiro atoms. The van der Waals surface area contributed by atoms with Gasteiger partial charge in [-0.05, 0) is 59.2 Å². The highest BCUT2D eigenvalue weighted by Gasteiger charge is 2.19. The van der Waals surface area contributed by atoms with Crippen molar-refractivity contribution in [3.8, 4) is 34.0 Å². The second-order valence-electron chi connectivity index (χ2n) is 9.95. The zero-order valence-electron chi connectivity index (χ0n) is 21.4. The second-order valence-corrected chi connectivity index (χ2v) is 9.95. The number of para-hydroxylation sites is 2. The summed E-state index contributed by atoms with van der Waals surface area (Å²) < 4.78 is 8.83. The Morgan fingerprint density at radius 3 is 2.30 bits per heavy atom. The number of hydrogen-bond acceptors (Lipinski definition) is 3. The molecule has 8 rings (SSSR count). The van der Waals surface area contributed by atoms with E-state index in [1.54, 1.807) is 12.4 Å². The molecule has 0 aliphatic heterocycles.